The second-order valence-electron chi connectivity index (χ2n) is 6.80. The van der Waals surface area contributed by atoms with Crippen molar-refractivity contribution in [2.75, 3.05) is 6.61 Å². The van der Waals surface area contributed by atoms with Gasteiger partial charge in [-0.2, -0.15) is 4.98 Å². The van der Waals surface area contributed by atoms with E-state index in [2.05, 4.69) is 36.4 Å². The van der Waals surface area contributed by atoms with Crippen LogP contribution in [0.1, 0.15) is 24.3 Å². The van der Waals surface area contributed by atoms with Gasteiger partial charge >= 0.3 is 0 Å². The van der Waals surface area contributed by atoms with Gasteiger partial charge in [-0.05, 0) is 36.8 Å². The number of ether oxygens (including phenoxy) is 2. The molecule has 2 aromatic carbocycles. The minimum Gasteiger partial charge on any atom is -0.494 e. The van der Waals surface area contributed by atoms with E-state index in [0.717, 1.165) is 27.0 Å². The third-order valence-corrected chi connectivity index (χ3v) is 5.37. The lowest BCUT2D eigenvalue weighted by molar-refractivity contribution is -0.00119. The van der Waals surface area contributed by atoms with Crippen molar-refractivity contribution in [2.24, 2.45) is 0 Å². The zero-order valence-corrected chi connectivity index (χ0v) is 17.7. The molecule has 4 aromatic rings. The zero-order valence-electron chi connectivity index (χ0n) is 16.2. The monoisotopic (exact) mass is 467 g/mol. The van der Waals surface area contributed by atoms with Gasteiger partial charge in [-0.3, -0.25) is 0 Å². The number of aromatic nitrogens is 5. The highest BCUT2D eigenvalue weighted by Crippen LogP contribution is 2.31. The van der Waals surface area contributed by atoms with Crippen molar-refractivity contribution >= 4 is 15.9 Å². The fourth-order valence-corrected chi connectivity index (χ4v) is 3.79. The Hall–Kier alpha value is -3.04. The summed E-state index contributed by atoms with van der Waals surface area (Å²) >= 11 is 3.46. The van der Waals surface area contributed by atoms with Gasteiger partial charge in [0.25, 0.3) is 5.89 Å². The maximum absolute atomic E-state index is 6.08. The molecular weight excluding hydrogens is 450 g/mol. The summed E-state index contributed by atoms with van der Waals surface area (Å²) in [5, 5.41) is 12.6. The smallest absolute Gasteiger partial charge is 0.280 e. The molecule has 1 aliphatic rings. The minimum absolute atomic E-state index is 0.109. The molecule has 1 atom stereocenters. The number of fused-ring (bicyclic) bond motifs is 1. The van der Waals surface area contributed by atoms with Gasteiger partial charge in [0.2, 0.25) is 5.82 Å². The first-order valence-electron chi connectivity index (χ1n) is 9.58. The largest absolute Gasteiger partial charge is 0.494 e. The molecule has 1 unspecified atom stereocenters. The number of hydrogen-bond donors (Lipinski definition) is 0. The molecule has 0 saturated heterocycles. The van der Waals surface area contributed by atoms with Gasteiger partial charge in [-0.25, -0.2) is 4.68 Å². The molecule has 152 valence electrons. The van der Waals surface area contributed by atoms with Gasteiger partial charge in [0.15, 0.2) is 5.69 Å². The fraction of sp³-hybridized carbons (Fsp3) is 0.238. The van der Waals surface area contributed by atoms with E-state index in [-0.39, 0.29) is 6.10 Å². The standard InChI is InChI=1S/C21H18BrN5O3/c1-2-28-16-8-6-13(7-9-16)18-11-27-17(12-29-18)19(24-26-27)21-23-20(25-30-21)14-4-3-5-15(22)10-14/h3-10,18H,2,11-12H2,1H3. The van der Waals surface area contributed by atoms with E-state index in [4.69, 9.17) is 14.0 Å². The van der Waals surface area contributed by atoms with Crippen molar-refractivity contribution in [3.05, 3.63) is 64.3 Å². The average molecular weight is 468 g/mol. The van der Waals surface area contributed by atoms with Gasteiger partial charge in [-0.15, -0.1) is 5.10 Å². The molecule has 0 aliphatic carbocycles. The van der Waals surface area contributed by atoms with Crippen LogP contribution in [0.4, 0.5) is 0 Å². The van der Waals surface area contributed by atoms with Crippen LogP contribution in [0.2, 0.25) is 0 Å². The topological polar surface area (TPSA) is 88.1 Å². The summed E-state index contributed by atoms with van der Waals surface area (Å²) in [4.78, 5) is 4.49. The van der Waals surface area contributed by atoms with E-state index >= 15 is 0 Å². The van der Waals surface area contributed by atoms with Crippen LogP contribution >= 0.6 is 15.9 Å². The first-order chi connectivity index (χ1) is 14.7. The molecule has 0 radical (unpaired) electrons. The van der Waals surface area contributed by atoms with Gasteiger partial charge in [0, 0.05) is 10.0 Å². The second kappa shape index (κ2) is 8.00. The number of benzene rings is 2. The van der Waals surface area contributed by atoms with Gasteiger partial charge in [-0.1, -0.05) is 50.6 Å². The van der Waals surface area contributed by atoms with Crippen LogP contribution in [-0.2, 0) is 17.9 Å². The van der Waals surface area contributed by atoms with Crippen molar-refractivity contribution in [3.8, 4) is 28.7 Å². The van der Waals surface area contributed by atoms with Crippen molar-refractivity contribution in [1.29, 1.82) is 0 Å². The Morgan fingerprint density at radius 2 is 2.07 bits per heavy atom. The highest BCUT2D eigenvalue weighted by molar-refractivity contribution is 9.10. The van der Waals surface area contributed by atoms with Crippen molar-refractivity contribution in [3.63, 3.8) is 0 Å². The lowest BCUT2D eigenvalue weighted by Crippen LogP contribution is -2.22. The number of nitrogens with zero attached hydrogens (tertiary/aromatic N) is 5. The van der Waals surface area contributed by atoms with E-state index in [0.29, 0.717) is 37.2 Å². The predicted molar refractivity (Wildman–Crippen MR) is 112 cm³/mol. The van der Waals surface area contributed by atoms with Crippen LogP contribution in [0, 0.1) is 0 Å². The van der Waals surface area contributed by atoms with E-state index in [1.807, 2.05) is 60.1 Å². The Bertz CT molecular complexity index is 1170. The van der Waals surface area contributed by atoms with Gasteiger partial charge < -0.3 is 14.0 Å². The molecule has 5 rings (SSSR count). The third kappa shape index (κ3) is 3.61. The van der Waals surface area contributed by atoms with Crippen LogP contribution in [0.25, 0.3) is 23.0 Å². The van der Waals surface area contributed by atoms with E-state index in [1.165, 1.54) is 0 Å². The molecule has 0 N–H and O–H groups in total. The molecule has 3 heterocycles. The van der Waals surface area contributed by atoms with Crippen LogP contribution in [0.15, 0.2) is 57.5 Å². The second-order valence-corrected chi connectivity index (χ2v) is 7.72. The van der Waals surface area contributed by atoms with E-state index < -0.39 is 0 Å². The Kier molecular flexibility index (Phi) is 5.06. The average Bonchev–Trinajstić information content (AvgIpc) is 3.41. The van der Waals surface area contributed by atoms with E-state index in [9.17, 15) is 0 Å². The summed E-state index contributed by atoms with van der Waals surface area (Å²) in [6.07, 6.45) is -0.109. The zero-order chi connectivity index (χ0) is 20.5. The molecule has 0 saturated carbocycles. The Morgan fingerprint density at radius 1 is 1.20 bits per heavy atom. The highest BCUT2D eigenvalue weighted by atomic mass is 79.9. The van der Waals surface area contributed by atoms with Crippen LogP contribution in [0.5, 0.6) is 5.75 Å². The van der Waals surface area contributed by atoms with Crippen LogP contribution in [-0.4, -0.2) is 31.7 Å². The number of rotatable bonds is 5. The molecule has 9 heteroatoms. The number of halogens is 1. The van der Waals surface area contributed by atoms with Gasteiger partial charge in [0.05, 0.1) is 25.5 Å². The molecule has 8 nitrogen and oxygen atoms in total. The first-order valence-corrected chi connectivity index (χ1v) is 10.4. The molecule has 2 aromatic heterocycles. The summed E-state index contributed by atoms with van der Waals surface area (Å²) in [6, 6.07) is 15.6. The molecule has 30 heavy (non-hydrogen) atoms. The third-order valence-electron chi connectivity index (χ3n) is 4.87. The van der Waals surface area contributed by atoms with Crippen molar-refractivity contribution < 1.29 is 14.0 Å². The number of hydrogen-bond acceptors (Lipinski definition) is 7. The Labute approximate surface area is 180 Å². The molecule has 0 fully saturated rings. The van der Waals surface area contributed by atoms with Crippen LogP contribution < -0.4 is 4.74 Å². The maximum Gasteiger partial charge on any atom is 0.280 e. The quantitative estimate of drug-likeness (QED) is 0.428. The van der Waals surface area contributed by atoms with Gasteiger partial charge in [0.1, 0.15) is 11.9 Å². The fourth-order valence-electron chi connectivity index (χ4n) is 3.39. The lowest BCUT2D eigenvalue weighted by atomic mass is 10.1. The summed E-state index contributed by atoms with van der Waals surface area (Å²) < 4.78 is 19.8. The normalized spacial score (nSPS) is 15.7. The summed E-state index contributed by atoms with van der Waals surface area (Å²) in [7, 11) is 0. The maximum atomic E-state index is 6.08. The molecule has 0 amide bonds. The summed E-state index contributed by atoms with van der Waals surface area (Å²) in [5.74, 6) is 1.67. The Morgan fingerprint density at radius 3 is 2.87 bits per heavy atom. The highest BCUT2D eigenvalue weighted by Gasteiger charge is 2.28. The molecule has 0 bridgehead atoms. The Balaban J connectivity index is 1.36. The van der Waals surface area contributed by atoms with Crippen molar-refractivity contribution in [1.82, 2.24) is 25.1 Å². The SMILES string of the molecule is CCOc1ccc(C2Cn3nnc(-c4nc(-c5cccc(Br)c5)no4)c3CO2)cc1. The lowest BCUT2D eigenvalue weighted by Gasteiger charge is -2.24. The minimum atomic E-state index is -0.109. The predicted octanol–water partition coefficient (Wildman–Crippen LogP) is 4.43. The summed E-state index contributed by atoms with van der Waals surface area (Å²) in [5.41, 5.74) is 3.29. The molecule has 0 spiro atoms. The first kappa shape index (κ1) is 19.0. The van der Waals surface area contributed by atoms with E-state index in [1.54, 1.807) is 0 Å². The molecular formula is C21H18BrN5O3. The summed E-state index contributed by atoms with van der Waals surface area (Å²) in [6.45, 7) is 3.52. The van der Waals surface area contributed by atoms with Crippen LogP contribution in [0.3, 0.4) is 0 Å². The molecule has 1 aliphatic heterocycles. The van der Waals surface area contributed by atoms with Crippen molar-refractivity contribution in [2.45, 2.75) is 26.2 Å².